The maximum Gasteiger partial charge on any atom is 0.0544 e. The van der Waals surface area contributed by atoms with Crippen molar-refractivity contribution in [2.24, 2.45) is 0 Å². The van der Waals surface area contributed by atoms with Crippen LogP contribution < -0.4 is 0 Å². The third kappa shape index (κ3) is 3.17. The monoisotopic (exact) mass is 510 g/mol. The van der Waals surface area contributed by atoms with Crippen molar-refractivity contribution in [3.05, 3.63) is 150 Å². The standard InChI is InChI=1S/C38H26N2/c1-2-8-24(9-3-1)25-14-16-30(17-15-25)40-37-13-7-5-11-32(37)34-21-27-18-28-22-36-33(31-10-4-6-12-35(31)39-36)20-26(28)19-29(27)23-38(34)40/h1-17,20-23,39H,18-19H2. The Hall–Kier alpha value is -5.08. The molecule has 2 aromatic heterocycles. The maximum atomic E-state index is 3.64. The van der Waals surface area contributed by atoms with E-state index in [1.807, 2.05) is 0 Å². The quantitative estimate of drug-likeness (QED) is 0.239. The van der Waals surface area contributed by atoms with Gasteiger partial charge in [0.1, 0.15) is 0 Å². The van der Waals surface area contributed by atoms with Crippen LogP contribution in [0, 0.1) is 0 Å². The lowest BCUT2D eigenvalue weighted by atomic mass is 9.84. The van der Waals surface area contributed by atoms with Gasteiger partial charge in [0.25, 0.3) is 0 Å². The number of aromatic amines is 1. The van der Waals surface area contributed by atoms with Crippen LogP contribution in [-0.2, 0) is 12.8 Å². The van der Waals surface area contributed by atoms with Gasteiger partial charge in [-0.1, -0.05) is 78.9 Å². The van der Waals surface area contributed by atoms with Crippen LogP contribution in [0.2, 0.25) is 0 Å². The lowest BCUT2D eigenvalue weighted by molar-refractivity contribution is 1.01. The van der Waals surface area contributed by atoms with E-state index in [4.69, 9.17) is 0 Å². The highest BCUT2D eigenvalue weighted by Gasteiger charge is 2.21. The Morgan fingerprint density at radius 1 is 0.425 bits per heavy atom. The Balaban J connectivity index is 1.21. The molecule has 0 fully saturated rings. The molecule has 0 radical (unpaired) electrons. The first-order valence-electron chi connectivity index (χ1n) is 14.0. The van der Waals surface area contributed by atoms with Crippen LogP contribution in [-0.4, -0.2) is 9.55 Å². The molecule has 2 heteroatoms. The smallest absolute Gasteiger partial charge is 0.0544 e. The van der Waals surface area contributed by atoms with Gasteiger partial charge in [-0.2, -0.15) is 0 Å². The number of benzene rings is 6. The molecule has 0 saturated heterocycles. The minimum Gasteiger partial charge on any atom is -0.355 e. The number of nitrogens with zero attached hydrogens (tertiary/aromatic N) is 1. The summed E-state index contributed by atoms with van der Waals surface area (Å²) in [6.45, 7) is 0. The van der Waals surface area contributed by atoms with E-state index in [2.05, 4.69) is 137 Å². The minimum absolute atomic E-state index is 0.963. The van der Waals surface area contributed by atoms with Gasteiger partial charge in [-0.3, -0.25) is 0 Å². The molecule has 9 rings (SSSR count). The van der Waals surface area contributed by atoms with E-state index in [-0.39, 0.29) is 0 Å². The largest absolute Gasteiger partial charge is 0.355 e. The molecule has 0 atom stereocenters. The number of para-hydroxylation sites is 2. The van der Waals surface area contributed by atoms with Crippen LogP contribution in [0.1, 0.15) is 22.3 Å². The van der Waals surface area contributed by atoms with E-state index in [1.54, 1.807) is 0 Å². The van der Waals surface area contributed by atoms with Gasteiger partial charge in [0.05, 0.1) is 11.0 Å². The predicted octanol–water partition coefficient (Wildman–Crippen LogP) is 9.58. The average Bonchev–Trinajstić information content (AvgIpc) is 3.53. The summed E-state index contributed by atoms with van der Waals surface area (Å²) >= 11 is 0. The highest BCUT2D eigenvalue weighted by atomic mass is 15.0. The van der Waals surface area contributed by atoms with E-state index < -0.39 is 0 Å². The fraction of sp³-hybridized carbons (Fsp3) is 0.0526. The molecule has 0 unspecified atom stereocenters. The topological polar surface area (TPSA) is 20.7 Å². The van der Waals surface area contributed by atoms with Gasteiger partial charge in [0, 0.05) is 38.3 Å². The summed E-state index contributed by atoms with van der Waals surface area (Å²) in [6.07, 6.45) is 1.93. The molecule has 188 valence electrons. The predicted molar refractivity (Wildman–Crippen MR) is 168 cm³/mol. The van der Waals surface area contributed by atoms with Crippen LogP contribution in [0.15, 0.2) is 127 Å². The second kappa shape index (κ2) is 8.21. The highest BCUT2D eigenvalue weighted by Crippen LogP contribution is 2.39. The molecule has 2 heterocycles. The van der Waals surface area contributed by atoms with Crippen molar-refractivity contribution in [3.63, 3.8) is 0 Å². The number of H-pyrrole nitrogens is 1. The van der Waals surface area contributed by atoms with Gasteiger partial charge in [-0.05, 0) is 94.8 Å². The second-order valence-corrected chi connectivity index (χ2v) is 11.1. The van der Waals surface area contributed by atoms with Crippen LogP contribution in [0.25, 0.3) is 60.4 Å². The van der Waals surface area contributed by atoms with Gasteiger partial charge >= 0.3 is 0 Å². The lowest BCUT2D eigenvalue weighted by Gasteiger charge is -2.21. The van der Waals surface area contributed by atoms with Crippen molar-refractivity contribution in [1.82, 2.24) is 9.55 Å². The molecule has 2 nitrogen and oxygen atoms in total. The molecule has 0 spiro atoms. The molecule has 0 aliphatic heterocycles. The zero-order valence-corrected chi connectivity index (χ0v) is 22.0. The summed E-state index contributed by atoms with van der Waals surface area (Å²) in [5, 5.41) is 5.27. The summed E-state index contributed by atoms with van der Waals surface area (Å²) in [5.41, 5.74) is 14.4. The first kappa shape index (κ1) is 21.8. The van der Waals surface area contributed by atoms with Crippen molar-refractivity contribution in [1.29, 1.82) is 0 Å². The highest BCUT2D eigenvalue weighted by molar-refractivity contribution is 6.10. The zero-order chi connectivity index (χ0) is 26.2. The summed E-state index contributed by atoms with van der Waals surface area (Å²) < 4.78 is 2.44. The van der Waals surface area contributed by atoms with Crippen molar-refractivity contribution >= 4 is 43.6 Å². The summed E-state index contributed by atoms with van der Waals surface area (Å²) in [4.78, 5) is 3.64. The van der Waals surface area contributed by atoms with Gasteiger partial charge in [-0.25, -0.2) is 0 Å². The molecular weight excluding hydrogens is 484 g/mol. The Labute approximate surface area is 232 Å². The van der Waals surface area contributed by atoms with Crippen molar-refractivity contribution in [3.8, 4) is 16.8 Å². The van der Waals surface area contributed by atoms with E-state index in [9.17, 15) is 0 Å². The van der Waals surface area contributed by atoms with Crippen molar-refractivity contribution in [2.45, 2.75) is 12.8 Å². The number of hydrogen-bond donors (Lipinski definition) is 1. The summed E-state index contributed by atoms with van der Waals surface area (Å²) in [7, 11) is 0. The SMILES string of the molecule is c1ccc(-c2ccc(-n3c4ccccc4c4cc5c(cc43)Cc3cc4c(cc3C5)[nH]c3ccccc34)cc2)cc1. The zero-order valence-electron chi connectivity index (χ0n) is 22.0. The van der Waals surface area contributed by atoms with E-state index >= 15 is 0 Å². The van der Waals surface area contributed by atoms with Crippen LogP contribution in [0.5, 0.6) is 0 Å². The van der Waals surface area contributed by atoms with Crippen LogP contribution in [0.4, 0.5) is 0 Å². The molecular formula is C38H26N2. The third-order valence-electron chi connectivity index (χ3n) is 8.81. The molecule has 0 amide bonds. The van der Waals surface area contributed by atoms with Crippen molar-refractivity contribution in [2.75, 3.05) is 0 Å². The molecule has 40 heavy (non-hydrogen) atoms. The normalized spacial score (nSPS) is 12.8. The number of hydrogen-bond acceptors (Lipinski definition) is 0. The summed E-state index contributed by atoms with van der Waals surface area (Å²) in [6, 6.07) is 46.8. The van der Waals surface area contributed by atoms with Gasteiger partial charge in [0.15, 0.2) is 0 Å². The fourth-order valence-electron chi connectivity index (χ4n) is 6.87. The first-order valence-corrected chi connectivity index (χ1v) is 14.0. The number of fused-ring (bicyclic) bond motifs is 8. The molecule has 0 saturated carbocycles. The van der Waals surface area contributed by atoms with Crippen LogP contribution in [0.3, 0.4) is 0 Å². The molecule has 1 aliphatic carbocycles. The third-order valence-corrected chi connectivity index (χ3v) is 8.81. The average molecular weight is 511 g/mol. The fourth-order valence-corrected chi connectivity index (χ4v) is 6.87. The maximum absolute atomic E-state index is 3.64. The minimum atomic E-state index is 0.963. The Bertz CT molecular complexity index is 2250. The lowest BCUT2D eigenvalue weighted by Crippen LogP contribution is -2.08. The Kier molecular flexibility index (Phi) is 4.48. The van der Waals surface area contributed by atoms with Gasteiger partial charge < -0.3 is 9.55 Å². The van der Waals surface area contributed by atoms with Crippen LogP contribution >= 0.6 is 0 Å². The molecule has 1 N–H and O–H groups in total. The Morgan fingerprint density at radius 2 is 1.05 bits per heavy atom. The van der Waals surface area contributed by atoms with E-state index in [1.165, 1.54) is 82.7 Å². The first-order chi connectivity index (χ1) is 19.8. The molecule has 8 aromatic rings. The summed E-state index contributed by atoms with van der Waals surface area (Å²) in [5.74, 6) is 0. The van der Waals surface area contributed by atoms with Crippen molar-refractivity contribution < 1.29 is 0 Å². The van der Waals surface area contributed by atoms with Gasteiger partial charge in [-0.15, -0.1) is 0 Å². The molecule has 0 bridgehead atoms. The van der Waals surface area contributed by atoms with E-state index in [0.717, 1.165) is 12.8 Å². The Morgan fingerprint density at radius 3 is 1.88 bits per heavy atom. The molecule has 1 aliphatic rings. The number of aromatic nitrogens is 2. The van der Waals surface area contributed by atoms with Gasteiger partial charge in [0.2, 0.25) is 0 Å². The number of rotatable bonds is 2. The van der Waals surface area contributed by atoms with E-state index in [0.29, 0.717) is 0 Å². The number of nitrogens with one attached hydrogen (secondary N) is 1. The second-order valence-electron chi connectivity index (χ2n) is 11.1. The molecule has 6 aromatic carbocycles.